The molecule has 1 aromatic heterocycles. The summed E-state index contributed by atoms with van der Waals surface area (Å²) in [7, 11) is 0. The number of ether oxygens (including phenoxy) is 2. The van der Waals surface area contributed by atoms with Crippen LogP contribution in [0, 0.1) is 18.2 Å². The normalized spacial score (nSPS) is 23.4. The van der Waals surface area contributed by atoms with Gasteiger partial charge in [-0.2, -0.15) is 0 Å². The number of amides is 1. The molecule has 0 unspecified atom stereocenters. The summed E-state index contributed by atoms with van der Waals surface area (Å²) in [6.45, 7) is 1.55. The number of rotatable bonds is 9. The Kier molecular flexibility index (Phi) is 5.83. The highest BCUT2D eigenvalue weighted by atomic mass is 35.5. The summed E-state index contributed by atoms with van der Waals surface area (Å²) in [5.74, 6) is -0.261. The Morgan fingerprint density at radius 3 is 2.55 bits per heavy atom. The van der Waals surface area contributed by atoms with Crippen LogP contribution in [-0.4, -0.2) is 35.4 Å². The van der Waals surface area contributed by atoms with Gasteiger partial charge < -0.3 is 14.8 Å². The summed E-state index contributed by atoms with van der Waals surface area (Å²) in [5, 5.41) is 3.21. The Bertz CT molecular complexity index is 1030. The average Bonchev–Trinajstić information content (AvgIpc) is 2.65. The Hall–Kier alpha value is -2.38. The zero-order valence-electron chi connectivity index (χ0n) is 16.8. The second-order valence-corrected chi connectivity index (χ2v) is 9.23. The highest BCUT2D eigenvalue weighted by Gasteiger charge is 2.68. The first-order valence-corrected chi connectivity index (χ1v) is 10.6. The van der Waals surface area contributed by atoms with Crippen LogP contribution >= 0.6 is 23.2 Å². The molecule has 0 aliphatic heterocycles. The van der Waals surface area contributed by atoms with Gasteiger partial charge in [-0.1, -0.05) is 23.2 Å². The van der Waals surface area contributed by atoms with Crippen molar-refractivity contribution in [3.05, 3.63) is 52.0 Å². The fourth-order valence-corrected chi connectivity index (χ4v) is 4.98. The van der Waals surface area contributed by atoms with E-state index in [0.29, 0.717) is 12.2 Å². The van der Waals surface area contributed by atoms with Crippen LogP contribution in [0.2, 0.25) is 10.2 Å². The molecule has 3 saturated carbocycles. The average molecular weight is 467 g/mol. The van der Waals surface area contributed by atoms with Crippen molar-refractivity contribution in [1.82, 2.24) is 10.3 Å². The third-order valence-electron chi connectivity index (χ3n) is 5.72. The molecule has 1 heterocycles. The standard InChI is InChI=1S/C22H21Cl2FN2O4/c1-13-2-5-18(20(24)26-13)31-8-14(28)7-21-10-22(11-21,12-21)27-19(29)9-30-15-3-4-16(23)17(25)6-15/h2-6H,7-12H2,1H3,(H,27,29). The van der Waals surface area contributed by atoms with Gasteiger partial charge in [0.1, 0.15) is 18.2 Å². The lowest BCUT2D eigenvalue weighted by Gasteiger charge is -2.70. The molecule has 2 aromatic rings. The molecule has 0 radical (unpaired) electrons. The molecule has 0 spiro atoms. The molecule has 3 aliphatic rings. The summed E-state index contributed by atoms with van der Waals surface area (Å²) in [6, 6.07) is 7.48. The number of carbonyl (C=O) groups is 2. The van der Waals surface area contributed by atoms with Gasteiger partial charge in [-0.25, -0.2) is 9.37 Å². The molecule has 9 heteroatoms. The minimum absolute atomic E-state index is 0.00505. The Balaban J connectivity index is 1.18. The molecule has 164 valence electrons. The topological polar surface area (TPSA) is 77.5 Å². The monoisotopic (exact) mass is 466 g/mol. The minimum Gasteiger partial charge on any atom is -0.484 e. The second kappa shape index (κ2) is 8.28. The van der Waals surface area contributed by atoms with E-state index in [4.69, 9.17) is 32.7 Å². The summed E-state index contributed by atoms with van der Waals surface area (Å²) in [6.07, 6.45) is 2.65. The molecule has 1 N–H and O–H groups in total. The maximum atomic E-state index is 13.4. The smallest absolute Gasteiger partial charge is 0.258 e. The third kappa shape index (κ3) is 4.77. The van der Waals surface area contributed by atoms with E-state index in [1.807, 2.05) is 6.92 Å². The zero-order valence-corrected chi connectivity index (χ0v) is 18.4. The number of nitrogens with one attached hydrogen (secondary N) is 1. The van der Waals surface area contributed by atoms with Gasteiger partial charge in [0.25, 0.3) is 5.91 Å². The highest BCUT2D eigenvalue weighted by molar-refractivity contribution is 6.31. The Morgan fingerprint density at radius 2 is 1.87 bits per heavy atom. The first-order chi connectivity index (χ1) is 14.7. The zero-order chi connectivity index (χ0) is 22.2. The predicted octanol–water partition coefficient (Wildman–Crippen LogP) is 4.29. The van der Waals surface area contributed by atoms with Gasteiger partial charge in [-0.3, -0.25) is 9.59 Å². The molecule has 0 atom stereocenters. The van der Waals surface area contributed by atoms with Crippen molar-refractivity contribution in [2.45, 2.75) is 38.1 Å². The summed E-state index contributed by atoms with van der Waals surface area (Å²) in [5.41, 5.74) is 0.441. The molecular weight excluding hydrogens is 446 g/mol. The number of hydrogen-bond acceptors (Lipinski definition) is 5. The molecule has 6 nitrogen and oxygen atoms in total. The molecule has 1 amide bonds. The van der Waals surface area contributed by atoms with Gasteiger partial charge >= 0.3 is 0 Å². The van der Waals surface area contributed by atoms with Crippen molar-refractivity contribution < 1.29 is 23.5 Å². The lowest BCUT2D eigenvalue weighted by Crippen LogP contribution is -2.75. The van der Waals surface area contributed by atoms with Gasteiger partial charge in [0, 0.05) is 23.7 Å². The SMILES string of the molecule is Cc1ccc(OCC(=O)CC23CC(NC(=O)COc4ccc(Cl)c(F)c4)(C2)C3)c(Cl)n1. The first-order valence-electron chi connectivity index (χ1n) is 9.84. The summed E-state index contributed by atoms with van der Waals surface area (Å²) >= 11 is 11.6. The lowest BCUT2D eigenvalue weighted by atomic mass is 9.38. The number of benzene rings is 1. The number of hydrogen-bond donors (Lipinski definition) is 1. The number of ketones is 1. The minimum atomic E-state index is -0.601. The van der Waals surface area contributed by atoms with E-state index < -0.39 is 5.82 Å². The van der Waals surface area contributed by atoms with Gasteiger partial charge in [-0.05, 0) is 55.9 Å². The molecule has 31 heavy (non-hydrogen) atoms. The van der Waals surface area contributed by atoms with Gasteiger partial charge in [-0.15, -0.1) is 0 Å². The molecule has 2 bridgehead atoms. The fraction of sp³-hybridized carbons (Fsp3) is 0.409. The van der Waals surface area contributed by atoms with E-state index in [2.05, 4.69) is 10.3 Å². The van der Waals surface area contributed by atoms with Crippen LogP contribution < -0.4 is 14.8 Å². The van der Waals surface area contributed by atoms with E-state index in [1.54, 1.807) is 12.1 Å². The quantitative estimate of drug-likeness (QED) is 0.557. The van der Waals surface area contributed by atoms with Crippen LogP contribution in [-0.2, 0) is 9.59 Å². The van der Waals surface area contributed by atoms with Gasteiger partial charge in [0.2, 0.25) is 0 Å². The summed E-state index contributed by atoms with van der Waals surface area (Å²) in [4.78, 5) is 28.6. The molecular formula is C22H21Cl2FN2O4. The number of Topliss-reactive ketones (excluding diaryl/α,β-unsaturated/α-hetero) is 1. The van der Waals surface area contributed by atoms with E-state index >= 15 is 0 Å². The number of halogens is 3. The number of nitrogens with zero attached hydrogens (tertiary/aromatic N) is 1. The van der Waals surface area contributed by atoms with Crippen molar-refractivity contribution in [3.8, 4) is 11.5 Å². The van der Waals surface area contributed by atoms with Gasteiger partial charge in [0.05, 0.1) is 5.02 Å². The van der Waals surface area contributed by atoms with Crippen molar-refractivity contribution in [2.75, 3.05) is 13.2 Å². The number of aryl methyl sites for hydroxylation is 1. The maximum absolute atomic E-state index is 13.4. The van der Waals surface area contributed by atoms with E-state index in [9.17, 15) is 14.0 Å². The lowest BCUT2D eigenvalue weighted by molar-refractivity contribution is -0.173. The molecule has 1 aromatic carbocycles. The fourth-order valence-electron chi connectivity index (χ4n) is 4.61. The van der Waals surface area contributed by atoms with Crippen LogP contribution in [0.4, 0.5) is 4.39 Å². The molecule has 3 aliphatic carbocycles. The number of aromatic nitrogens is 1. The second-order valence-electron chi connectivity index (χ2n) is 8.47. The van der Waals surface area contributed by atoms with Crippen molar-refractivity contribution in [1.29, 1.82) is 0 Å². The largest absolute Gasteiger partial charge is 0.484 e. The highest BCUT2D eigenvalue weighted by Crippen LogP contribution is 2.69. The maximum Gasteiger partial charge on any atom is 0.258 e. The van der Waals surface area contributed by atoms with E-state index in [-0.39, 0.29) is 51.8 Å². The third-order valence-corrected chi connectivity index (χ3v) is 6.30. The number of pyridine rings is 1. The number of carbonyl (C=O) groups excluding carboxylic acids is 2. The van der Waals surface area contributed by atoms with Crippen molar-refractivity contribution in [2.24, 2.45) is 5.41 Å². The molecule has 0 saturated heterocycles. The van der Waals surface area contributed by atoms with Crippen LogP contribution in [0.15, 0.2) is 30.3 Å². The summed E-state index contributed by atoms with van der Waals surface area (Å²) < 4.78 is 24.2. The van der Waals surface area contributed by atoms with Crippen LogP contribution in [0.25, 0.3) is 0 Å². The van der Waals surface area contributed by atoms with Crippen LogP contribution in [0.1, 0.15) is 31.4 Å². The van der Waals surface area contributed by atoms with Gasteiger partial charge in [0.15, 0.2) is 23.3 Å². The Labute approximate surface area is 189 Å². The van der Waals surface area contributed by atoms with E-state index in [1.165, 1.54) is 12.1 Å². The molecule has 5 rings (SSSR count). The van der Waals surface area contributed by atoms with Crippen LogP contribution in [0.5, 0.6) is 11.5 Å². The predicted molar refractivity (Wildman–Crippen MR) is 113 cm³/mol. The van der Waals surface area contributed by atoms with Crippen LogP contribution in [0.3, 0.4) is 0 Å². The molecule has 3 fully saturated rings. The van der Waals surface area contributed by atoms with Crippen molar-refractivity contribution >= 4 is 34.9 Å². The Morgan fingerprint density at radius 1 is 1.13 bits per heavy atom. The van der Waals surface area contributed by atoms with E-state index in [0.717, 1.165) is 31.0 Å². The first kappa shape index (κ1) is 21.8. The van der Waals surface area contributed by atoms with Crippen molar-refractivity contribution in [3.63, 3.8) is 0 Å².